The van der Waals surface area contributed by atoms with Crippen molar-refractivity contribution < 1.29 is 19.1 Å². The summed E-state index contributed by atoms with van der Waals surface area (Å²) < 4.78 is 10.3. The third kappa shape index (κ3) is 4.77. The maximum absolute atomic E-state index is 12.4. The number of ketones is 1. The minimum Gasteiger partial charge on any atom is -0.497 e. The molecule has 2 aromatic rings. The van der Waals surface area contributed by atoms with E-state index < -0.39 is 5.91 Å². The van der Waals surface area contributed by atoms with Gasteiger partial charge in [-0.05, 0) is 55.5 Å². The summed E-state index contributed by atoms with van der Waals surface area (Å²) in [5, 5.41) is 5.62. The lowest BCUT2D eigenvalue weighted by Gasteiger charge is -2.12. The summed E-state index contributed by atoms with van der Waals surface area (Å²) in [4.78, 5) is 23.6. The number of hydrogen-bond acceptors (Lipinski definition) is 5. The van der Waals surface area contributed by atoms with Gasteiger partial charge in [0, 0.05) is 17.3 Å². The number of benzene rings is 2. The highest BCUT2D eigenvalue weighted by Gasteiger charge is 2.14. The molecule has 0 heterocycles. The van der Waals surface area contributed by atoms with Crippen molar-refractivity contribution in [2.75, 3.05) is 19.5 Å². The Bertz CT molecular complexity index is 803. The second-order valence-electron chi connectivity index (χ2n) is 5.11. The van der Waals surface area contributed by atoms with Crippen molar-refractivity contribution >= 4 is 34.7 Å². The van der Waals surface area contributed by atoms with Gasteiger partial charge in [-0.2, -0.15) is 0 Å². The van der Waals surface area contributed by atoms with Crippen molar-refractivity contribution in [2.45, 2.75) is 6.92 Å². The van der Waals surface area contributed by atoms with Crippen LogP contribution in [0.5, 0.6) is 11.5 Å². The van der Waals surface area contributed by atoms with E-state index in [9.17, 15) is 9.59 Å². The predicted octanol–water partition coefficient (Wildman–Crippen LogP) is 3.03. The van der Waals surface area contributed by atoms with Crippen LogP contribution in [-0.4, -0.2) is 31.0 Å². The molecule has 0 aliphatic carbocycles. The first-order valence-corrected chi connectivity index (χ1v) is 7.80. The molecule has 25 heavy (non-hydrogen) atoms. The van der Waals surface area contributed by atoms with Crippen molar-refractivity contribution in [2.24, 2.45) is 0 Å². The average Bonchev–Trinajstić information content (AvgIpc) is 2.61. The minimum absolute atomic E-state index is 0.0194. The summed E-state index contributed by atoms with van der Waals surface area (Å²) in [6.07, 6.45) is 0. The Hall–Kier alpha value is -2.93. The third-order valence-corrected chi connectivity index (χ3v) is 3.63. The summed E-state index contributed by atoms with van der Waals surface area (Å²) >= 11 is 5.15. The summed E-state index contributed by atoms with van der Waals surface area (Å²) in [6.45, 7) is 1.50. The Morgan fingerprint density at radius 1 is 1.00 bits per heavy atom. The number of carbonyl (C=O) groups excluding carboxylic acids is 2. The second kappa shape index (κ2) is 8.25. The Balaban J connectivity index is 2.05. The molecule has 0 atom stereocenters. The van der Waals surface area contributed by atoms with Gasteiger partial charge < -0.3 is 14.8 Å². The quantitative estimate of drug-likeness (QED) is 0.632. The molecule has 6 nitrogen and oxygen atoms in total. The van der Waals surface area contributed by atoms with Crippen LogP contribution in [-0.2, 0) is 0 Å². The molecule has 1 amide bonds. The van der Waals surface area contributed by atoms with Gasteiger partial charge in [0.05, 0.1) is 19.8 Å². The van der Waals surface area contributed by atoms with Gasteiger partial charge >= 0.3 is 0 Å². The summed E-state index contributed by atoms with van der Waals surface area (Å²) in [5.74, 6) is 0.538. The fraction of sp³-hybridized carbons (Fsp3) is 0.167. The van der Waals surface area contributed by atoms with Crippen molar-refractivity contribution in [1.82, 2.24) is 5.32 Å². The average molecular weight is 358 g/mol. The number of thiocarbonyl (C=S) groups is 1. The number of carbonyl (C=O) groups is 2. The summed E-state index contributed by atoms with van der Waals surface area (Å²) in [6, 6.07) is 11.7. The molecule has 0 bridgehead atoms. The second-order valence-corrected chi connectivity index (χ2v) is 5.52. The van der Waals surface area contributed by atoms with E-state index in [0.717, 1.165) is 0 Å². The SMILES string of the molecule is COc1ccc(C(=O)NC(=S)Nc2ccc(C(C)=O)cc2)c(OC)c1. The first-order valence-electron chi connectivity index (χ1n) is 7.40. The van der Waals surface area contributed by atoms with Gasteiger partial charge in [-0.25, -0.2) is 0 Å². The minimum atomic E-state index is -0.405. The molecule has 0 spiro atoms. The lowest BCUT2D eigenvalue weighted by atomic mass is 10.1. The van der Waals surface area contributed by atoms with Crippen LogP contribution in [0.15, 0.2) is 42.5 Å². The van der Waals surface area contributed by atoms with Gasteiger partial charge in [-0.3, -0.25) is 14.9 Å². The zero-order valence-electron chi connectivity index (χ0n) is 14.1. The molecular weight excluding hydrogens is 340 g/mol. The van der Waals surface area contributed by atoms with E-state index in [-0.39, 0.29) is 10.9 Å². The van der Waals surface area contributed by atoms with E-state index in [1.54, 1.807) is 42.5 Å². The van der Waals surface area contributed by atoms with Crippen LogP contribution >= 0.6 is 12.2 Å². The fourth-order valence-electron chi connectivity index (χ4n) is 2.11. The van der Waals surface area contributed by atoms with E-state index in [4.69, 9.17) is 21.7 Å². The van der Waals surface area contributed by atoms with E-state index >= 15 is 0 Å². The zero-order valence-corrected chi connectivity index (χ0v) is 14.9. The number of Topliss-reactive ketones (excluding diaryl/α,β-unsaturated/α-hetero) is 1. The first-order chi connectivity index (χ1) is 11.9. The van der Waals surface area contributed by atoms with Gasteiger partial charge in [-0.1, -0.05) is 0 Å². The van der Waals surface area contributed by atoms with Crippen molar-refractivity contribution in [3.05, 3.63) is 53.6 Å². The molecule has 7 heteroatoms. The predicted molar refractivity (Wildman–Crippen MR) is 99.7 cm³/mol. The Kier molecular flexibility index (Phi) is 6.08. The van der Waals surface area contributed by atoms with Gasteiger partial charge in [0.2, 0.25) is 0 Å². The number of methoxy groups -OCH3 is 2. The highest BCUT2D eigenvalue weighted by atomic mass is 32.1. The molecule has 0 aromatic heterocycles. The van der Waals surface area contributed by atoms with Crippen LogP contribution in [0.3, 0.4) is 0 Å². The molecule has 0 unspecified atom stereocenters. The number of nitrogens with one attached hydrogen (secondary N) is 2. The first kappa shape index (κ1) is 18.4. The smallest absolute Gasteiger partial charge is 0.261 e. The number of hydrogen-bond donors (Lipinski definition) is 2. The van der Waals surface area contributed by atoms with E-state index in [1.807, 2.05) is 0 Å². The molecule has 2 rings (SSSR count). The molecule has 2 N–H and O–H groups in total. The molecular formula is C18H18N2O4S. The van der Waals surface area contributed by atoms with Crippen LogP contribution in [0.25, 0.3) is 0 Å². The monoisotopic (exact) mass is 358 g/mol. The lowest BCUT2D eigenvalue weighted by molar-refractivity contribution is 0.0973. The molecule has 0 aliphatic rings. The van der Waals surface area contributed by atoms with Crippen LogP contribution in [0.1, 0.15) is 27.6 Å². The largest absolute Gasteiger partial charge is 0.497 e. The van der Waals surface area contributed by atoms with Gasteiger partial charge in [-0.15, -0.1) is 0 Å². The van der Waals surface area contributed by atoms with Crippen molar-refractivity contribution in [3.8, 4) is 11.5 Å². The highest BCUT2D eigenvalue weighted by molar-refractivity contribution is 7.80. The third-order valence-electron chi connectivity index (χ3n) is 3.43. The summed E-state index contributed by atoms with van der Waals surface area (Å²) in [7, 11) is 3.00. The fourth-order valence-corrected chi connectivity index (χ4v) is 2.32. The van der Waals surface area contributed by atoms with Crippen LogP contribution < -0.4 is 20.1 Å². The number of rotatable bonds is 5. The van der Waals surface area contributed by atoms with E-state index in [0.29, 0.717) is 28.3 Å². The summed E-state index contributed by atoms with van der Waals surface area (Å²) in [5.41, 5.74) is 1.60. The maximum atomic E-state index is 12.4. The van der Waals surface area contributed by atoms with Crippen LogP contribution in [0.4, 0.5) is 5.69 Å². The normalized spacial score (nSPS) is 9.88. The van der Waals surface area contributed by atoms with E-state index in [1.165, 1.54) is 21.1 Å². The molecule has 0 aliphatic heterocycles. The molecule has 0 radical (unpaired) electrons. The highest BCUT2D eigenvalue weighted by Crippen LogP contribution is 2.24. The number of anilines is 1. The van der Waals surface area contributed by atoms with Gasteiger partial charge in [0.15, 0.2) is 10.9 Å². The van der Waals surface area contributed by atoms with Crippen molar-refractivity contribution in [3.63, 3.8) is 0 Å². The molecule has 2 aromatic carbocycles. The molecule has 0 saturated heterocycles. The van der Waals surface area contributed by atoms with Gasteiger partial charge in [0.25, 0.3) is 5.91 Å². The molecule has 0 fully saturated rings. The lowest BCUT2D eigenvalue weighted by Crippen LogP contribution is -2.34. The standard InChI is InChI=1S/C18H18N2O4S/c1-11(21)12-4-6-13(7-5-12)19-18(25)20-17(22)15-9-8-14(23-2)10-16(15)24-3/h4-10H,1-3H3,(H2,19,20,22,25). The zero-order chi connectivity index (χ0) is 18.4. The Morgan fingerprint density at radius 3 is 2.24 bits per heavy atom. The Morgan fingerprint density at radius 2 is 1.68 bits per heavy atom. The Labute approximate surface area is 151 Å². The van der Waals surface area contributed by atoms with Crippen LogP contribution in [0, 0.1) is 0 Å². The number of amides is 1. The maximum Gasteiger partial charge on any atom is 0.261 e. The molecule has 130 valence electrons. The molecule has 0 saturated carbocycles. The number of ether oxygens (including phenoxy) is 2. The van der Waals surface area contributed by atoms with Gasteiger partial charge in [0.1, 0.15) is 11.5 Å². The van der Waals surface area contributed by atoms with Crippen LogP contribution in [0.2, 0.25) is 0 Å². The topological polar surface area (TPSA) is 76.7 Å². The van der Waals surface area contributed by atoms with Crippen molar-refractivity contribution in [1.29, 1.82) is 0 Å². The van der Waals surface area contributed by atoms with E-state index in [2.05, 4.69) is 10.6 Å².